The van der Waals surface area contributed by atoms with Gasteiger partial charge in [0.05, 0.1) is 19.4 Å². The first kappa shape index (κ1) is 25.5. The molecule has 1 atom stereocenters. The van der Waals surface area contributed by atoms with E-state index in [1.807, 2.05) is 34.9 Å². The quantitative estimate of drug-likeness (QED) is 0.422. The van der Waals surface area contributed by atoms with Crippen LogP contribution in [0.5, 0.6) is 11.5 Å². The van der Waals surface area contributed by atoms with Gasteiger partial charge in [-0.1, -0.05) is 32.9 Å². The molecule has 0 saturated carbocycles. The number of ether oxygens (including phenoxy) is 3. The molecule has 0 spiro atoms. The maximum atomic E-state index is 12.8. The third-order valence-corrected chi connectivity index (χ3v) is 6.67. The van der Waals surface area contributed by atoms with Gasteiger partial charge in [0.2, 0.25) is 0 Å². The largest absolute Gasteiger partial charge is 0.497 e. The first-order valence-corrected chi connectivity index (χ1v) is 12.1. The predicted molar refractivity (Wildman–Crippen MR) is 139 cm³/mol. The van der Waals surface area contributed by atoms with Crippen LogP contribution in [0.15, 0.2) is 53.5 Å². The molecular formula is C29H33NO6. The van der Waals surface area contributed by atoms with Crippen molar-refractivity contribution in [3.05, 3.63) is 70.0 Å². The SMILES string of the molecule is COCCCOc1cc2c(cc1-c1cccc(OC)c1)-c1cc(=O)c(C(=O)O)cn1C(C(C)(C)C)C2. The highest BCUT2D eigenvalue weighted by atomic mass is 16.5. The van der Waals surface area contributed by atoms with E-state index in [0.29, 0.717) is 25.3 Å². The van der Waals surface area contributed by atoms with Crippen molar-refractivity contribution in [2.75, 3.05) is 27.4 Å². The molecule has 1 aliphatic heterocycles. The molecule has 7 nitrogen and oxygen atoms in total. The van der Waals surface area contributed by atoms with Gasteiger partial charge in [-0.3, -0.25) is 4.79 Å². The summed E-state index contributed by atoms with van der Waals surface area (Å²) in [4.78, 5) is 24.5. The Kier molecular flexibility index (Phi) is 7.22. The lowest BCUT2D eigenvalue weighted by atomic mass is 9.78. The molecule has 1 aliphatic rings. The van der Waals surface area contributed by atoms with E-state index in [2.05, 4.69) is 26.8 Å². The second-order valence-corrected chi connectivity index (χ2v) is 10.2. The van der Waals surface area contributed by atoms with Gasteiger partial charge in [0.1, 0.15) is 17.1 Å². The van der Waals surface area contributed by atoms with Gasteiger partial charge in [0.25, 0.3) is 0 Å². The zero-order valence-corrected chi connectivity index (χ0v) is 21.5. The Hall–Kier alpha value is -3.58. The number of rotatable bonds is 8. The average Bonchev–Trinajstić information content (AvgIpc) is 2.84. The van der Waals surface area contributed by atoms with Gasteiger partial charge in [-0.15, -0.1) is 0 Å². The van der Waals surface area contributed by atoms with E-state index < -0.39 is 11.4 Å². The van der Waals surface area contributed by atoms with Crippen molar-refractivity contribution < 1.29 is 24.1 Å². The van der Waals surface area contributed by atoms with E-state index in [0.717, 1.165) is 40.2 Å². The number of carboxylic acids is 1. The van der Waals surface area contributed by atoms with Crippen LogP contribution >= 0.6 is 0 Å². The van der Waals surface area contributed by atoms with E-state index >= 15 is 0 Å². The number of nitrogens with zero attached hydrogens (tertiary/aromatic N) is 1. The Morgan fingerprint density at radius 1 is 1.08 bits per heavy atom. The minimum Gasteiger partial charge on any atom is -0.497 e. The monoisotopic (exact) mass is 491 g/mol. The lowest BCUT2D eigenvalue weighted by Crippen LogP contribution is -2.32. The van der Waals surface area contributed by atoms with Crippen LogP contribution in [-0.4, -0.2) is 43.1 Å². The van der Waals surface area contributed by atoms with Gasteiger partial charge >= 0.3 is 5.97 Å². The van der Waals surface area contributed by atoms with Crippen molar-refractivity contribution in [2.24, 2.45) is 5.41 Å². The highest BCUT2D eigenvalue weighted by Gasteiger charge is 2.34. The number of pyridine rings is 1. The van der Waals surface area contributed by atoms with E-state index in [-0.39, 0.29) is 17.0 Å². The Labute approximate surface area is 211 Å². The van der Waals surface area contributed by atoms with E-state index in [4.69, 9.17) is 14.2 Å². The minimum atomic E-state index is -1.22. The molecule has 2 heterocycles. The number of hydrogen-bond donors (Lipinski definition) is 1. The van der Waals surface area contributed by atoms with Crippen LogP contribution in [0.4, 0.5) is 0 Å². The number of aromatic nitrogens is 1. The molecule has 190 valence electrons. The zero-order valence-electron chi connectivity index (χ0n) is 21.5. The predicted octanol–water partition coefficient (Wildman–Crippen LogP) is 5.45. The van der Waals surface area contributed by atoms with Gasteiger partial charge in [0.15, 0.2) is 5.43 Å². The Bertz CT molecular complexity index is 1330. The lowest BCUT2D eigenvalue weighted by molar-refractivity contribution is 0.0693. The van der Waals surface area contributed by atoms with Crippen LogP contribution in [0.1, 0.15) is 49.2 Å². The molecule has 0 amide bonds. The van der Waals surface area contributed by atoms with Crippen molar-refractivity contribution in [3.8, 4) is 33.9 Å². The smallest absolute Gasteiger partial charge is 0.341 e. The van der Waals surface area contributed by atoms with E-state index in [9.17, 15) is 14.7 Å². The summed E-state index contributed by atoms with van der Waals surface area (Å²) < 4.78 is 18.8. The molecule has 0 saturated heterocycles. The molecule has 0 radical (unpaired) electrons. The summed E-state index contributed by atoms with van der Waals surface area (Å²) >= 11 is 0. The van der Waals surface area contributed by atoms with Crippen molar-refractivity contribution in [2.45, 2.75) is 39.7 Å². The van der Waals surface area contributed by atoms with Gasteiger partial charge in [-0.2, -0.15) is 0 Å². The van der Waals surface area contributed by atoms with Crippen LogP contribution in [0.2, 0.25) is 0 Å². The van der Waals surface area contributed by atoms with Crippen LogP contribution in [0, 0.1) is 5.41 Å². The highest BCUT2D eigenvalue weighted by molar-refractivity contribution is 5.88. The van der Waals surface area contributed by atoms with Crippen molar-refractivity contribution in [1.82, 2.24) is 4.57 Å². The topological polar surface area (TPSA) is 87.0 Å². The summed E-state index contributed by atoms with van der Waals surface area (Å²) in [6, 6.07) is 13.3. The molecular weight excluding hydrogens is 458 g/mol. The third-order valence-electron chi connectivity index (χ3n) is 6.67. The second kappa shape index (κ2) is 10.2. The summed E-state index contributed by atoms with van der Waals surface area (Å²) in [7, 11) is 3.30. The van der Waals surface area contributed by atoms with E-state index in [1.165, 1.54) is 12.3 Å². The molecule has 3 aromatic rings. The molecule has 1 N–H and O–H groups in total. The number of methoxy groups -OCH3 is 2. The number of carbonyl (C=O) groups is 1. The van der Waals surface area contributed by atoms with Crippen molar-refractivity contribution in [3.63, 3.8) is 0 Å². The molecule has 0 fully saturated rings. The number of fused-ring (bicyclic) bond motifs is 3. The third kappa shape index (κ3) is 5.02. The van der Waals surface area contributed by atoms with Crippen molar-refractivity contribution in [1.29, 1.82) is 0 Å². The maximum Gasteiger partial charge on any atom is 0.341 e. The number of benzene rings is 2. The number of hydrogen-bond acceptors (Lipinski definition) is 5. The molecule has 1 aromatic heterocycles. The van der Waals surface area contributed by atoms with Gasteiger partial charge in [-0.05, 0) is 47.2 Å². The fourth-order valence-corrected chi connectivity index (χ4v) is 4.76. The van der Waals surface area contributed by atoms with Crippen LogP contribution in [0.25, 0.3) is 22.4 Å². The summed E-state index contributed by atoms with van der Waals surface area (Å²) in [5.41, 5.74) is 3.56. The molecule has 1 unspecified atom stereocenters. The summed E-state index contributed by atoms with van der Waals surface area (Å²) in [5.74, 6) is 0.264. The number of carboxylic acid groups (broad SMARTS) is 1. The van der Waals surface area contributed by atoms with Crippen LogP contribution < -0.4 is 14.9 Å². The first-order valence-electron chi connectivity index (χ1n) is 12.1. The van der Waals surface area contributed by atoms with Gasteiger partial charge < -0.3 is 23.9 Å². The Morgan fingerprint density at radius 3 is 2.53 bits per heavy atom. The van der Waals surface area contributed by atoms with Crippen molar-refractivity contribution >= 4 is 5.97 Å². The number of aromatic carboxylic acids is 1. The molecule has 2 aromatic carbocycles. The van der Waals surface area contributed by atoms with Gasteiger partial charge in [0, 0.05) is 49.6 Å². The zero-order chi connectivity index (χ0) is 26.0. The Morgan fingerprint density at radius 2 is 1.86 bits per heavy atom. The highest BCUT2D eigenvalue weighted by Crippen LogP contribution is 2.46. The average molecular weight is 492 g/mol. The molecule has 36 heavy (non-hydrogen) atoms. The summed E-state index contributed by atoms with van der Waals surface area (Å²) in [6.45, 7) is 7.48. The molecule has 0 bridgehead atoms. The maximum absolute atomic E-state index is 12.8. The molecule has 7 heteroatoms. The molecule has 4 rings (SSSR count). The van der Waals surface area contributed by atoms with E-state index in [1.54, 1.807) is 14.2 Å². The fraction of sp³-hybridized carbons (Fsp3) is 0.379. The summed E-state index contributed by atoms with van der Waals surface area (Å²) in [5, 5.41) is 9.60. The lowest BCUT2D eigenvalue weighted by Gasteiger charge is -2.39. The van der Waals surface area contributed by atoms with Crippen LogP contribution in [0.3, 0.4) is 0 Å². The standard InChI is InChI=1S/C29H33NO6/c1-29(2,3)27-14-19-13-26(36-11-7-10-34-4)22(18-8-6-9-20(12-18)35-5)15-21(19)24-16-25(31)23(28(32)33)17-30(24)27/h6,8-9,12-13,15-17,27H,7,10-11,14H2,1-5H3,(H,32,33). The first-order chi connectivity index (χ1) is 17.1. The Balaban J connectivity index is 1.93. The minimum absolute atomic E-state index is 0.0392. The second-order valence-electron chi connectivity index (χ2n) is 10.2. The van der Waals surface area contributed by atoms with Crippen LogP contribution in [-0.2, 0) is 11.2 Å². The normalized spacial score (nSPS) is 14.6. The molecule has 0 aliphatic carbocycles. The summed E-state index contributed by atoms with van der Waals surface area (Å²) in [6.07, 6.45) is 2.94. The fourth-order valence-electron chi connectivity index (χ4n) is 4.76. The van der Waals surface area contributed by atoms with Gasteiger partial charge in [-0.25, -0.2) is 4.79 Å².